The van der Waals surface area contributed by atoms with Crippen LogP contribution in [-0.4, -0.2) is 41.4 Å². The lowest BCUT2D eigenvalue weighted by Gasteiger charge is -2.26. The van der Waals surface area contributed by atoms with Crippen molar-refractivity contribution in [1.29, 1.82) is 0 Å². The predicted molar refractivity (Wildman–Crippen MR) is 114 cm³/mol. The fraction of sp³-hybridized carbons (Fsp3) is 0.636. The molecular formula is C22H32F3N3O3. The highest BCUT2D eigenvalue weighted by Gasteiger charge is 2.38. The summed E-state index contributed by atoms with van der Waals surface area (Å²) in [6.45, 7) is 4.25. The minimum absolute atomic E-state index is 0.454. The van der Waals surface area contributed by atoms with E-state index in [1.54, 1.807) is 0 Å². The molecular weight excluding hydrogens is 411 g/mol. The van der Waals surface area contributed by atoms with Crippen LogP contribution in [0.15, 0.2) is 22.6 Å². The van der Waals surface area contributed by atoms with Gasteiger partial charge in [0.05, 0.1) is 6.04 Å². The Labute approximate surface area is 180 Å². The van der Waals surface area contributed by atoms with Crippen LogP contribution in [0.3, 0.4) is 0 Å². The van der Waals surface area contributed by atoms with E-state index in [0.717, 1.165) is 30.6 Å². The van der Waals surface area contributed by atoms with Gasteiger partial charge in [-0.25, -0.2) is 4.79 Å². The van der Waals surface area contributed by atoms with Gasteiger partial charge in [-0.1, -0.05) is 57.9 Å². The van der Waals surface area contributed by atoms with E-state index in [4.69, 9.17) is 14.3 Å². The molecule has 2 heterocycles. The maximum Gasteiger partial charge on any atom is 0.490 e. The molecule has 0 radical (unpaired) electrons. The largest absolute Gasteiger partial charge is 0.490 e. The number of carbonyl (C=O) groups is 1. The number of carboxylic acid groups (broad SMARTS) is 1. The van der Waals surface area contributed by atoms with Crippen molar-refractivity contribution >= 4 is 23.1 Å². The second-order valence-corrected chi connectivity index (χ2v) is 7.85. The number of oxazole rings is 1. The van der Waals surface area contributed by atoms with Crippen molar-refractivity contribution in [2.75, 3.05) is 18.4 Å². The zero-order valence-electron chi connectivity index (χ0n) is 17.9. The SMILES string of the molecule is CCCCCCCCCCc1ccc2oc(NC3CNC3)nc2c1.O=C(O)C(F)(F)F. The molecule has 3 rings (SSSR count). The lowest BCUT2D eigenvalue weighted by Crippen LogP contribution is -2.51. The summed E-state index contributed by atoms with van der Waals surface area (Å²) in [4.78, 5) is 13.5. The van der Waals surface area contributed by atoms with E-state index in [2.05, 4.69) is 40.7 Å². The number of aryl methyl sites for hydroxylation is 1. The van der Waals surface area contributed by atoms with Gasteiger partial charge in [-0.15, -0.1) is 0 Å². The zero-order valence-corrected chi connectivity index (χ0v) is 17.9. The normalized spacial score (nSPS) is 14.1. The van der Waals surface area contributed by atoms with Crippen molar-refractivity contribution in [3.8, 4) is 0 Å². The summed E-state index contributed by atoms with van der Waals surface area (Å²) in [5.74, 6) is -2.76. The van der Waals surface area contributed by atoms with E-state index >= 15 is 0 Å². The topological polar surface area (TPSA) is 87.4 Å². The lowest BCUT2D eigenvalue weighted by molar-refractivity contribution is -0.192. The van der Waals surface area contributed by atoms with Crippen molar-refractivity contribution in [1.82, 2.24) is 10.3 Å². The molecule has 31 heavy (non-hydrogen) atoms. The second-order valence-electron chi connectivity index (χ2n) is 7.85. The number of hydrogen-bond acceptors (Lipinski definition) is 5. The average Bonchev–Trinajstić information content (AvgIpc) is 3.08. The van der Waals surface area contributed by atoms with Crippen molar-refractivity contribution in [3.63, 3.8) is 0 Å². The monoisotopic (exact) mass is 443 g/mol. The Morgan fingerprint density at radius 2 is 1.77 bits per heavy atom. The number of fused-ring (bicyclic) bond motifs is 1. The number of carboxylic acids is 1. The summed E-state index contributed by atoms with van der Waals surface area (Å²) >= 11 is 0. The zero-order chi connectivity index (χ0) is 22.7. The Hall–Kier alpha value is -2.29. The number of aromatic nitrogens is 1. The number of unbranched alkanes of at least 4 members (excludes halogenated alkanes) is 7. The summed E-state index contributed by atoms with van der Waals surface area (Å²) in [5, 5.41) is 13.7. The molecule has 1 aliphatic rings. The van der Waals surface area contributed by atoms with Crippen LogP contribution in [0.25, 0.3) is 11.1 Å². The minimum atomic E-state index is -5.08. The number of nitrogens with zero attached hydrogens (tertiary/aromatic N) is 1. The van der Waals surface area contributed by atoms with E-state index in [9.17, 15) is 13.2 Å². The van der Waals surface area contributed by atoms with Gasteiger partial charge in [-0.3, -0.25) is 0 Å². The molecule has 0 saturated carbocycles. The van der Waals surface area contributed by atoms with Gasteiger partial charge in [0.15, 0.2) is 5.58 Å². The van der Waals surface area contributed by atoms with Gasteiger partial charge in [0, 0.05) is 13.1 Å². The Morgan fingerprint density at radius 3 is 2.32 bits per heavy atom. The summed E-state index contributed by atoms with van der Waals surface area (Å²) in [6.07, 6.45) is 6.99. The fourth-order valence-corrected chi connectivity index (χ4v) is 3.22. The summed E-state index contributed by atoms with van der Waals surface area (Å²) in [7, 11) is 0. The van der Waals surface area contributed by atoms with E-state index in [1.165, 1.54) is 56.9 Å². The van der Waals surface area contributed by atoms with Gasteiger partial charge >= 0.3 is 12.1 Å². The highest BCUT2D eigenvalue weighted by molar-refractivity contribution is 5.75. The molecule has 174 valence electrons. The number of benzene rings is 1. The van der Waals surface area contributed by atoms with Crippen LogP contribution in [0.4, 0.5) is 19.2 Å². The molecule has 1 aromatic heterocycles. The van der Waals surface area contributed by atoms with E-state index < -0.39 is 12.1 Å². The van der Waals surface area contributed by atoms with Crippen LogP contribution in [-0.2, 0) is 11.2 Å². The first-order valence-electron chi connectivity index (χ1n) is 11.0. The third-order valence-corrected chi connectivity index (χ3v) is 5.12. The van der Waals surface area contributed by atoms with E-state index in [0.29, 0.717) is 12.1 Å². The van der Waals surface area contributed by atoms with Crippen molar-refractivity contribution < 1.29 is 27.5 Å². The molecule has 1 aromatic carbocycles. The lowest BCUT2D eigenvalue weighted by atomic mass is 10.0. The summed E-state index contributed by atoms with van der Waals surface area (Å²) in [6, 6.07) is 7.54. The Kier molecular flexibility index (Phi) is 10.1. The van der Waals surface area contributed by atoms with Gasteiger partial charge in [0.2, 0.25) is 0 Å². The van der Waals surface area contributed by atoms with Crippen molar-refractivity contribution in [3.05, 3.63) is 23.8 Å². The molecule has 1 saturated heterocycles. The number of hydrogen-bond donors (Lipinski definition) is 3. The van der Waals surface area contributed by atoms with Gasteiger partial charge in [-0.05, 0) is 30.5 Å². The molecule has 2 aromatic rings. The summed E-state index contributed by atoms with van der Waals surface area (Å²) in [5.41, 5.74) is 3.23. The highest BCUT2D eigenvalue weighted by atomic mass is 19.4. The van der Waals surface area contributed by atoms with Crippen LogP contribution >= 0.6 is 0 Å². The van der Waals surface area contributed by atoms with Crippen LogP contribution in [0.1, 0.15) is 63.9 Å². The smallest absolute Gasteiger partial charge is 0.475 e. The van der Waals surface area contributed by atoms with Crippen molar-refractivity contribution in [2.24, 2.45) is 0 Å². The second kappa shape index (κ2) is 12.5. The number of nitrogens with one attached hydrogen (secondary N) is 2. The number of rotatable bonds is 11. The molecule has 0 atom stereocenters. The predicted octanol–water partition coefficient (Wildman–Crippen LogP) is 5.53. The van der Waals surface area contributed by atoms with Gasteiger partial charge < -0.3 is 20.2 Å². The number of halogens is 3. The molecule has 0 bridgehead atoms. The molecule has 6 nitrogen and oxygen atoms in total. The summed E-state index contributed by atoms with van der Waals surface area (Å²) < 4.78 is 37.5. The average molecular weight is 444 g/mol. The first-order chi connectivity index (χ1) is 14.8. The Morgan fingerprint density at radius 1 is 1.16 bits per heavy atom. The molecule has 0 spiro atoms. The van der Waals surface area contributed by atoms with Gasteiger partial charge in [0.25, 0.3) is 6.01 Å². The van der Waals surface area contributed by atoms with Crippen LogP contribution in [0, 0.1) is 0 Å². The number of aliphatic carboxylic acids is 1. The molecule has 0 amide bonds. The van der Waals surface area contributed by atoms with E-state index in [-0.39, 0.29) is 0 Å². The van der Waals surface area contributed by atoms with Gasteiger partial charge in [0.1, 0.15) is 5.52 Å². The third kappa shape index (κ3) is 9.16. The molecule has 0 aliphatic carbocycles. The minimum Gasteiger partial charge on any atom is -0.475 e. The van der Waals surface area contributed by atoms with Crippen LogP contribution in [0.2, 0.25) is 0 Å². The third-order valence-electron chi connectivity index (χ3n) is 5.12. The quantitative estimate of drug-likeness (QED) is 0.396. The van der Waals surface area contributed by atoms with E-state index in [1.807, 2.05) is 0 Å². The maximum atomic E-state index is 10.6. The highest BCUT2D eigenvalue weighted by Crippen LogP contribution is 2.22. The maximum absolute atomic E-state index is 10.6. The Balaban J connectivity index is 0.000000423. The first-order valence-corrected chi connectivity index (χ1v) is 11.0. The first kappa shape index (κ1) is 25.0. The fourth-order valence-electron chi connectivity index (χ4n) is 3.22. The molecule has 0 unspecified atom stereocenters. The molecule has 1 fully saturated rings. The molecule has 1 aliphatic heterocycles. The Bertz CT molecular complexity index is 804. The molecule has 3 N–H and O–H groups in total. The van der Waals surface area contributed by atoms with Crippen LogP contribution in [0.5, 0.6) is 0 Å². The molecule has 9 heteroatoms. The van der Waals surface area contributed by atoms with Crippen LogP contribution < -0.4 is 10.6 Å². The number of anilines is 1. The standard InChI is InChI=1S/C20H31N3O.C2HF3O2/c1-2-3-4-5-6-7-8-9-10-16-11-12-19-18(13-16)23-20(24-19)22-17-14-21-15-17;3-2(4,5)1(6)7/h11-13,17,21H,2-10,14-15H2,1H3,(H,22,23);(H,6,7). The van der Waals surface area contributed by atoms with Crippen molar-refractivity contribution in [2.45, 2.75) is 76.9 Å². The number of alkyl halides is 3. The van der Waals surface area contributed by atoms with Gasteiger partial charge in [-0.2, -0.15) is 18.2 Å².